The van der Waals surface area contributed by atoms with E-state index in [1.807, 2.05) is 36.1 Å². The zero-order valence-electron chi connectivity index (χ0n) is 17.2. The van der Waals surface area contributed by atoms with Gasteiger partial charge in [0.25, 0.3) is 0 Å². The zero-order chi connectivity index (χ0) is 22.1. The Bertz CT molecular complexity index is 1250. The van der Waals surface area contributed by atoms with Crippen molar-refractivity contribution in [1.82, 2.24) is 30.3 Å². The van der Waals surface area contributed by atoms with Crippen LogP contribution in [0.25, 0.3) is 11.4 Å². The molecule has 0 unspecified atom stereocenters. The number of nitrogens with one attached hydrogen (secondary N) is 2. The Morgan fingerprint density at radius 2 is 2.12 bits per heavy atom. The number of rotatable bonds is 6. The zero-order valence-corrected chi connectivity index (χ0v) is 17.2. The van der Waals surface area contributed by atoms with E-state index in [0.717, 1.165) is 24.2 Å². The molecular formula is C21H20N8O3. The number of H-pyrrole nitrogens is 1. The molecule has 0 aliphatic carbocycles. The SMILES string of the molecule is Cc1cc(Nc2cc(C(=O)O)nc(N3CCC[C@H]3c3cc(-c4ccccn4)no3)n2)n[nH]1. The molecule has 1 aliphatic heterocycles. The van der Waals surface area contributed by atoms with Crippen LogP contribution in [-0.4, -0.2) is 47.9 Å². The third-order valence-electron chi connectivity index (χ3n) is 5.19. The van der Waals surface area contributed by atoms with Gasteiger partial charge in [-0.1, -0.05) is 11.2 Å². The van der Waals surface area contributed by atoms with E-state index in [2.05, 4.69) is 35.6 Å². The Morgan fingerprint density at radius 3 is 2.88 bits per heavy atom. The van der Waals surface area contributed by atoms with Crippen LogP contribution in [0.4, 0.5) is 17.6 Å². The number of pyridine rings is 1. The molecule has 1 aliphatic rings. The summed E-state index contributed by atoms with van der Waals surface area (Å²) in [6.45, 7) is 2.53. The summed E-state index contributed by atoms with van der Waals surface area (Å²) in [5.74, 6) is 0.707. The molecule has 0 amide bonds. The normalized spacial score (nSPS) is 15.8. The van der Waals surface area contributed by atoms with Crippen molar-refractivity contribution < 1.29 is 14.4 Å². The van der Waals surface area contributed by atoms with Crippen LogP contribution in [0.5, 0.6) is 0 Å². The first kappa shape index (κ1) is 19.7. The second kappa shape index (κ2) is 8.10. The number of hydrogen-bond acceptors (Lipinski definition) is 9. The van der Waals surface area contributed by atoms with Gasteiger partial charge in [0, 0.05) is 36.6 Å². The molecule has 4 aromatic heterocycles. The van der Waals surface area contributed by atoms with Crippen molar-refractivity contribution in [2.24, 2.45) is 0 Å². The van der Waals surface area contributed by atoms with Gasteiger partial charge in [-0.15, -0.1) is 0 Å². The van der Waals surface area contributed by atoms with Crippen LogP contribution in [0.15, 0.2) is 47.1 Å². The van der Waals surface area contributed by atoms with Gasteiger partial charge in [-0.3, -0.25) is 10.1 Å². The Hall–Kier alpha value is -4.28. The first-order valence-electron chi connectivity index (χ1n) is 10.1. The highest BCUT2D eigenvalue weighted by atomic mass is 16.5. The average Bonchev–Trinajstić information content (AvgIpc) is 3.55. The molecule has 1 saturated heterocycles. The predicted molar refractivity (Wildman–Crippen MR) is 115 cm³/mol. The van der Waals surface area contributed by atoms with Crippen LogP contribution >= 0.6 is 0 Å². The summed E-state index contributed by atoms with van der Waals surface area (Å²) in [6, 6.07) is 10.5. The lowest BCUT2D eigenvalue weighted by molar-refractivity contribution is 0.0690. The number of aromatic nitrogens is 6. The fourth-order valence-corrected chi connectivity index (χ4v) is 3.73. The monoisotopic (exact) mass is 432 g/mol. The van der Waals surface area contributed by atoms with Gasteiger partial charge in [-0.2, -0.15) is 10.1 Å². The lowest BCUT2D eigenvalue weighted by atomic mass is 10.1. The molecule has 32 heavy (non-hydrogen) atoms. The molecule has 0 aromatic carbocycles. The van der Waals surface area contributed by atoms with Crippen LogP contribution in [0.2, 0.25) is 0 Å². The van der Waals surface area contributed by atoms with E-state index < -0.39 is 5.97 Å². The summed E-state index contributed by atoms with van der Waals surface area (Å²) >= 11 is 0. The number of carboxylic acid groups (broad SMARTS) is 1. The third kappa shape index (κ3) is 3.87. The smallest absolute Gasteiger partial charge is 0.354 e. The fourth-order valence-electron chi connectivity index (χ4n) is 3.73. The van der Waals surface area contributed by atoms with E-state index >= 15 is 0 Å². The molecule has 0 radical (unpaired) electrons. The number of aryl methyl sites for hydroxylation is 1. The van der Waals surface area contributed by atoms with Crippen LogP contribution < -0.4 is 10.2 Å². The summed E-state index contributed by atoms with van der Waals surface area (Å²) < 4.78 is 5.63. The molecular weight excluding hydrogens is 412 g/mol. The first-order chi connectivity index (χ1) is 15.6. The maximum absolute atomic E-state index is 11.7. The van der Waals surface area contributed by atoms with E-state index in [9.17, 15) is 9.90 Å². The molecule has 0 bridgehead atoms. The van der Waals surface area contributed by atoms with Crippen LogP contribution in [0.3, 0.4) is 0 Å². The molecule has 11 nitrogen and oxygen atoms in total. The highest BCUT2D eigenvalue weighted by molar-refractivity contribution is 5.87. The quantitative estimate of drug-likeness (QED) is 0.414. The predicted octanol–water partition coefficient (Wildman–Crippen LogP) is 3.34. The van der Waals surface area contributed by atoms with Crippen LogP contribution in [0, 0.1) is 6.92 Å². The van der Waals surface area contributed by atoms with Gasteiger partial charge in [0.05, 0.1) is 11.7 Å². The van der Waals surface area contributed by atoms with Crippen LogP contribution in [-0.2, 0) is 0 Å². The number of aromatic carboxylic acids is 1. The first-order valence-corrected chi connectivity index (χ1v) is 10.1. The van der Waals surface area contributed by atoms with Gasteiger partial charge in [0.15, 0.2) is 17.3 Å². The largest absolute Gasteiger partial charge is 0.477 e. The topological polar surface area (TPSA) is 146 Å². The van der Waals surface area contributed by atoms with Crippen molar-refractivity contribution in [2.45, 2.75) is 25.8 Å². The number of nitrogens with zero attached hydrogens (tertiary/aromatic N) is 6. The van der Waals surface area contributed by atoms with Gasteiger partial charge in [0.1, 0.15) is 11.5 Å². The van der Waals surface area contributed by atoms with E-state index in [-0.39, 0.29) is 11.7 Å². The standard InChI is InChI=1S/C21H20N8O3/c1-12-9-19(27-26-12)24-18-11-15(20(30)31)23-21(25-18)29-8-4-6-16(29)17-10-14(28-32-17)13-5-2-3-7-22-13/h2-3,5,7,9-11,16H,4,6,8H2,1H3,(H,30,31)(H2,23,24,25,26,27)/t16-/m0/s1. The number of aromatic amines is 1. The number of carboxylic acids is 1. The highest BCUT2D eigenvalue weighted by Gasteiger charge is 2.32. The summed E-state index contributed by atoms with van der Waals surface area (Å²) in [7, 11) is 0. The molecule has 4 aromatic rings. The summed E-state index contributed by atoms with van der Waals surface area (Å²) in [6.07, 6.45) is 3.39. The Labute approximate surface area is 182 Å². The fraction of sp³-hybridized carbons (Fsp3) is 0.238. The number of carbonyl (C=O) groups is 1. The minimum absolute atomic E-state index is 0.109. The number of anilines is 3. The van der Waals surface area contributed by atoms with E-state index in [4.69, 9.17) is 4.52 Å². The van der Waals surface area contributed by atoms with E-state index in [0.29, 0.717) is 35.6 Å². The van der Waals surface area contributed by atoms with Crippen molar-refractivity contribution in [2.75, 3.05) is 16.8 Å². The molecule has 5 rings (SSSR count). The molecule has 162 valence electrons. The van der Waals surface area contributed by atoms with Gasteiger partial charge >= 0.3 is 5.97 Å². The molecule has 0 saturated carbocycles. The highest BCUT2D eigenvalue weighted by Crippen LogP contribution is 2.36. The van der Waals surface area contributed by atoms with Crippen molar-refractivity contribution >= 4 is 23.6 Å². The Kier molecular flexibility index (Phi) is 4.98. The summed E-state index contributed by atoms with van der Waals surface area (Å²) in [5.41, 5.74) is 2.12. The number of hydrogen-bond donors (Lipinski definition) is 3. The van der Waals surface area contributed by atoms with Crippen molar-refractivity contribution in [3.05, 3.63) is 59.7 Å². The van der Waals surface area contributed by atoms with E-state index in [1.54, 1.807) is 12.3 Å². The second-order valence-electron chi connectivity index (χ2n) is 7.49. The van der Waals surface area contributed by atoms with Crippen molar-refractivity contribution in [1.29, 1.82) is 0 Å². The molecule has 1 fully saturated rings. The summed E-state index contributed by atoms with van der Waals surface area (Å²) in [4.78, 5) is 26.8. The van der Waals surface area contributed by atoms with Gasteiger partial charge < -0.3 is 19.8 Å². The third-order valence-corrected chi connectivity index (χ3v) is 5.19. The Balaban J connectivity index is 1.46. The molecule has 0 spiro atoms. The van der Waals surface area contributed by atoms with E-state index in [1.165, 1.54) is 6.07 Å². The summed E-state index contributed by atoms with van der Waals surface area (Å²) in [5, 5.41) is 23.7. The van der Waals surface area contributed by atoms with Crippen molar-refractivity contribution in [3.8, 4) is 11.4 Å². The molecule has 3 N–H and O–H groups in total. The minimum Gasteiger partial charge on any atom is -0.477 e. The second-order valence-corrected chi connectivity index (χ2v) is 7.49. The molecule has 11 heteroatoms. The maximum Gasteiger partial charge on any atom is 0.354 e. The lowest BCUT2D eigenvalue weighted by Gasteiger charge is -2.23. The maximum atomic E-state index is 11.7. The Morgan fingerprint density at radius 1 is 1.22 bits per heavy atom. The molecule has 5 heterocycles. The van der Waals surface area contributed by atoms with Gasteiger partial charge in [0.2, 0.25) is 5.95 Å². The van der Waals surface area contributed by atoms with Gasteiger partial charge in [-0.25, -0.2) is 9.78 Å². The van der Waals surface area contributed by atoms with Crippen molar-refractivity contribution in [3.63, 3.8) is 0 Å². The molecule has 1 atom stereocenters. The lowest BCUT2D eigenvalue weighted by Crippen LogP contribution is -2.25. The minimum atomic E-state index is -1.14. The average molecular weight is 432 g/mol. The van der Waals surface area contributed by atoms with Crippen LogP contribution in [0.1, 0.15) is 40.8 Å². The van der Waals surface area contributed by atoms with Gasteiger partial charge in [-0.05, 0) is 31.9 Å².